The monoisotopic (exact) mass is 402 g/mol. The molecule has 0 radical (unpaired) electrons. The third-order valence-electron chi connectivity index (χ3n) is 7.41. The van der Waals surface area contributed by atoms with Crippen LogP contribution in [0.25, 0.3) is 0 Å². The molecule has 4 heteroatoms. The maximum absolute atomic E-state index is 6.77. The highest BCUT2D eigenvalue weighted by Crippen LogP contribution is 2.41. The summed E-state index contributed by atoms with van der Waals surface area (Å²) in [6.07, 6.45) is 8.36. The van der Waals surface area contributed by atoms with Gasteiger partial charge >= 0.3 is 0 Å². The number of rotatable bonds is 8. The van der Waals surface area contributed by atoms with E-state index < -0.39 is 8.32 Å². The molecule has 0 unspecified atom stereocenters. The first kappa shape index (κ1) is 22.0. The van der Waals surface area contributed by atoms with Gasteiger partial charge in [-0.25, -0.2) is 0 Å². The minimum absolute atomic E-state index is 0.247. The van der Waals surface area contributed by atoms with Gasteiger partial charge in [0, 0.05) is 12.1 Å². The van der Waals surface area contributed by atoms with E-state index in [1.807, 2.05) is 0 Å². The molecule has 158 valence electrons. The Hall–Kier alpha value is -0.683. The lowest BCUT2D eigenvalue weighted by molar-refractivity contribution is 0.0469. The van der Waals surface area contributed by atoms with Crippen molar-refractivity contribution in [3.63, 3.8) is 0 Å². The highest BCUT2D eigenvalue weighted by molar-refractivity contribution is 6.74. The largest absolute Gasteiger partial charge is 0.415 e. The van der Waals surface area contributed by atoms with Crippen LogP contribution >= 0.6 is 0 Å². The van der Waals surface area contributed by atoms with E-state index in [0.29, 0.717) is 24.3 Å². The van der Waals surface area contributed by atoms with Crippen LogP contribution in [0.4, 0.5) is 0 Å². The molecule has 2 aliphatic rings. The zero-order valence-electron chi connectivity index (χ0n) is 19.0. The van der Waals surface area contributed by atoms with E-state index in [0.717, 1.165) is 6.61 Å². The maximum Gasteiger partial charge on any atom is 0.192 e. The zero-order chi connectivity index (χ0) is 20.4. The lowest BCUT2D eigenvalue weighted by atomic mass is 9.93. The van der Waals surface area contributed by atoms with Crippen LogP contribution in [0.15, 0.2) is 30.3 Å². The van der Waals surface area contributed by atoms with E-state index in [2.05, 4.69) is 81.3 Å². The summed E-state index contributed by atoms with van der Waals surface area (Å²) < 4.78 is 6.77. The molecule has 28 heavy (non-hydrogen) atoms. The van der Waals surface area contributed by atoms with Crippen LogP contribution < -0.4 is 5.32 Å². The van der Waals surface area contributed by atoms with E-state index in [9.17, 15) is 0 Å². The van der Waals surface area contributed by atoms with Crippen LogP contribution in [0, 0.1) is 0 Å². The maximum atomic E-state index is 6.77. The standard InChI is InChI=1S/C24H42N2OSi/c1-7-8-15-20-21-16-12-17-23(25-20)26(21)22(19-13-10-9-11-14-19)18-27-28(5,6)24(2,3)4/h9-11,13-14,20-23,25H,7-8,12,15-18H2,1-6H3/t20-,21+,22+,23-/m1/s1. The summed E-state index contributed by atoms with van der Waals surface area (Å²) in [6, 6.07) is 12.7. The van der Waals surface area contributed by atoms with Crippen molar-refractivity contribution in [2.24, 2.45) is 0 Å². The van der Waals surface area contributed by atoms with E-state index in [-0.39, 0.29) is 5.04 Å². The summed E-state index contributed by atoms with van der Waals surface area (Å²) in [4.78, 5) is 2.80. The molecule has 3 rings (SSSR count). The smallest absolute Gasteiger partial charge is 0.192 e. The third kappa shape index (κ3) is 4.72. The molecule has 1 N–H and O–H groups in total. The van der Waals surface area contributed by atoms with E-state index >= 15 is 0 Å². The van der Waals surface area contributed by atoms with Crippen molar-refractivity contribution in [2.75, 3.05) is 6.61 Å². The molecule has 2 fully saturated rings. The van der Waals surface area contributed by atoms with Gasteiger partial charge in [-0.3, -0.25) is 10.2 Å². The quantitative estimate of drug-likeness (QED) is 0.532. The van der Waals surface area contributed by atoms with Crippen molar-refractivity contribution in [1.29, 1.82) is 0 Å². The Labute approximate surface area is 174 Å². The molecule has 0 spiro atoms. The molecule has 3 nitrogen and oxygen atoms in total. The highest BCUT2D eigenvalue weighted by Gasteiger charge is 2.47. The molecule has 2 bridgehead atoms. The number of benzene rings is 1. The third-order valence-corrected chi connectivity index (χ3v) is 11.9. The minimum atomic E-state index is -1.77. The first-order valence-corrected chi connectivity index (χ1v) is 14.4. The van der Waals surface area contributed by atoms with Gasteiger partial charge in [0.2, 0.25) is 0 Å². The Morgan fingerprint density at radius 1 is 1.18 bits per heavy atom. The number of hydrogen-bond donors (Lipinski definition) is 1. The van der Waals surface area contributed by atoms with E-state index in [1.54, 1.807) is 0 Å². The van der Waals surface area contributed by atoms with Gasteiger partial charge in [-0.1, -0.05) is 70.9 Å². The molecule has 1 aromatic rings. The van der Waals surface area contributed by atoms with Crippen molar-refractivity contribution in [3.8, 4) is 0 Å². The number of fused-ring (bicyclic) bond motifs is 2. The van der Waals surface area contributed by atoms with Crippen molar-refractivity contribution in [2.45, 2.75) is 109 Å². The summed E-state index contributed by atoms with van der Waals surface area (Å²) in [5.74, 6) is 0. The van der Waals surface area contributed by atoms with Gasteiger partial charge in [0.1, 0.15) is 0 Å². The average molecular weight is 403 g/mol. The first-order valence-electron chi connectivity index (χ1n) is 11.5. The first-order chi connectivity index (χ1) is 13.2. The molecule has 0 saturated carbocycles. The van der Waals surface area contributed by atoms with E-state index in [4.69, 9.17) is 4.43 Å². The second-order valence-corrected chi connectivity index (χ2v) is 15.2. The SMILES string of the molecule is CCCC[C@H]1N[C@H]2CCC[C@@H]1N2[C@@H](CO[Si](C)(C)C(C)(C)C)c1ccccc1. The number of hydrogen-bond acceptors (Lipinski definition) is 3. The molecule has 0 amide bonds. The van der Waals surface area contributed by atoms with Crippen LogP contribution in [-0.2, 0) is 4.43 Å². The van der Waals surface area contributed by atoms with Gasteiger partial charge in [-0.2, -0.15) is 0 Å². The molecule has 0 aliphatic carbocycles. The van der Waals surface area contributed by atoms with Gasteiger partial charge in [0.15, 0.2) is 8.32 Å². The van der Waals surface area contributed by atoms with Crippen molar-refractivity contribution in [1.82, 2.24) is 10.2 Å². The summed E-state index contributed by atoms with van der Waals surface area (Å²) in [6.45, 7) is 14.9. The summed E-state index contributed by atoms with van der Waals surface area (Å²) in [7, 11) is -1.77. The van der Waals surface area contributed by atoms with Crippen LogP contribution in [-0.4, -0.2) is 38.1 Å². The minimum Gasteiger partial charge on any atom is -0.415 e. The fraction of sp³-hybridized carbons (Fsp3) is 0.750. The molecule has 2 saturated heterocycles. The highest BCUT2D eigenvalue weighted by atomic mass is 28.4. The number of unbranched alkanes of at least 4 members (excludes halogenated alkanes) is 1. The predicted octanol–water partition coefficient (Wildman–Crippen LogP) is 6.09. The van der Waals surface area contributed by atoms with Crippen LogP contribution in [0.2, 0.25) is 18.1 Å². The molecular formula is C24H42N2OSi. The van der Waals surface area contributed by atoms with Crippen LogP contribution in [0.3, 0.4) is 0 Å². The molecule has 2 heterocycles. The van der Waals surface area contributed by atoms with Gasteiger partial charge in [0.25, 0.3) is 0 Å². The van der Waals surface area contributed by atoms with Gasteiger partial charge in [0.05, 0.1) is 18.8 Å². The van der Waals surface area contributed by atoms with Crippen LogP contribution in [0.5, 0.6) is 0 Å². The number of piperidine rings is 1. The average Bonchev–Trinajstić information content (AvgIpc) is 2.84. The Morgan fingerprint density at radius 2 is 1.89 bits per heavy atom. The van der Waals surface area contributed by atoms with Crippen molar-refractivity contribution >= 4 is 8.32 Å². The lowest BCUT2D eigenvalue weighted by Gasteiger charge is -2.43. The van der Waals surface area contributed by atoms with E-state index in [1.165, 1.54) is 44.1 Å². The van der Waals surface area contributed by atoms with Gasteiger partial charge in [-0.05, 0) is 49.4 Å². The summed E-state index contributed by atoms with van der Waals surface area (Å²) >= 11 is 0. The van der Waals surface area contributed by atoms with Crippen molar-refractivity contribution < 1.29 is 4.43 Å². The number of nitrogens with zero attached hydrogens (tertiary/aromatic N) is 1. The molecule has 0 aromatic heterocycles. The molecule has 4 atom stereocenters. The predicted molar refractivity (Wildman–Crippen MR) is 122 cm³/mol. The Morgan fingerprint density at radius 3 is 2.54 bits per heavy atom. The second-order valence-electron chi connectivity index (χ2n) is 10.4. The summed E-state index contributed by atoms with van der Waals surface area (Å²) in [5.41, 5.74) is 1.41. The Bertz CT molecular complexity index is 613. The van der Waals surface area contributed by atoms with Gasteiger partial charge < -0.3 is 4.43 Å². The molecule has 1 aromatic carbocycles. The van der Waals surface area contributed by atoms with Gasteiger partial charge in [-0.15, -0.1) is 0 Å². The Balaban J connectivity index is 1.83. The number of nitrogens with one attached hydrogen (secondary N) is 1. The normalized spacial score (nSPS) is 27.1. The zero-order valence-corrected chi connectivity index (χ0v) is 20.0. The fourth-order valence-electron chi connectivity index (χ4n) is 4.67. The Kier molecular flexibility index (Phi) is 7.07. The second kappa shape index (κ2) is 8.99. The fourth-order valence-corrected chi connectivity index (χ4v) is 5.68. The topological polar surface area (TPSA) is 24.5 Å². The van der Waals surface area contributed by atoms with Crippen LogP contribution in [0.1, 0.15) is 77.8 Å². The summed E-state index contributed by atoms with van der Waals surface area (Å²) in [5, 5.41) is 4.24. The van der Waals surface area contributed by atoms with Crippen molar-refractivity contribution in [3.05, 3.63) is 35.9 Å². The molecular weight excluding hydrogens is 360 g/mol. The molecule has 2 aliphatic heterocycles. The lowest BCUT2D eigenvalue weighted by Crippen LogP contribution is -2.49.